The molecule has 1 rings (SSSR count). The van der Waals surface area contributed by atoms with E-state index in [-0.39, 0.29) is 11.6 Å². The number of halogens is 2. The number of nitrogens with zero attached hydrogens (tertiary/aromatic N) is 1. The molecule has 0 saturated carbocycles. The third-order valence-corrected chi connectivity index (χ3v) is 4.24. The van der Waals surface area contributed by atoms with E-state index in [0.717, 1.165) is 19.2 Å². The predicted octanol–water partition coefficient (Wildman–Crippen LogP) is 3.22. The van der Waals surface area contributed by atoms with Crippen molar-refractivity contribution in [1.82, 2.24) is 10.2 Å². The molecule has 0 aromatic heterocycles. The summed E-state index contributed by atoms with van der Waals surface area (Å²) in [6.45, 7) is 10.3. The number of benzene rings is 1. The van der Waals surface area contributed by atoms with Crippen LogP contribution in [0.15, 0.2) is 18.2 Å². The molecule has 1 unspecified atom stereocenters. The zero-order valence-corrected chi connectivity index (χ0v) is 13.1. The third kappa shape index (κ3) is 3.55. The van der Waals surface area contributed by atoms with E-state index in [1.165, 1.54) is 0 Å². The highest BCUT2D eigenvalue weighted by Gasteiger charge is 2.33. The van der Waals surface area contributed by atoms with Crippen LogP contribution in [0.3, 0.4) is 0 Å². The van der Waals surface area contributed by atoms with Crippen LogP contribution in [0.1, 0.15) is 33.3 Å². The van der Waals surface area contributed by atoms with Crippen molar-refractivity contribution in [3.05, 3.63) is 35.4 Å². The minimum atomic E-state index is -0.780. The van der Waals surface area contributed by atoms with Crippen molar-refractivity contribution in [3.8, 4) is 0 Å². The molecule has 20 heavy (non-hydrogen) atoms. The standard InChI is InChI=1S/C16H26F2N2/c1-6-20(7-2)16(3,4)14(19-5)11-12-9-8-10-13(17)15(12)18/h8-10,14,19H,6-7,11H2,1-5H3. The van der Waals surface area contributed by atoms with Crippen molar-refractivity contribution in [2.24, 2.45) is 0 Å². The van der Waals surface area contributed by atoms with Crippen molar-refractivity contribution >= 4 is 0 Å². The Hall–Kier alpha value is -1.00. The number of hydrogen-bond donors (Lipinski definition) is 1. The summed E-state index contributed by atoms with van der Waals surface area (Å²) in [7, 11) is 1.87. The lowest BCUT2D eigenvalue weighted by atomic mass is 9.87. The molecule has 0 fully saturated rings. The SMILES string of the molecule is CCN(CC)C(C)(C)C(Cc1cccc(F)c1F)NC. The Bertz CT molecular complexity index is 428. The van der Waals surface area contributed by atoms with Gasteiger partial charge in [0.1, 0.15) is 0 Å². The molecule has 1 N–H and O–H groups in total. The third-order valence-electron chi connectivity index (χ3n) is 4.24. The van der Waals surface area contributed by atoms with Crippen molar-refractivity contribution in [2.75, 3.05) is 20.1 Å². The van der Waals surface area contributed by atoms with Gasteiger partial charge in [0.05, 0.1) is 0 Å². The normalized spacial score (nSPS) is 13.8. The Morgan fingerprint density at radius 3 is 2.30 bits per heavy atom. The second kappa shape index (κ2) is 7.14. The van der Waals surface area contributed by atoms with Gasteiger partial charge in [0.15, 0.2) is 11.6 Å². The summed E-state index contributed by atoms with van der Waals surface area (Å²) in [5.74, 6) is -1.51. The topological polar surface area (TPSA) is 15.3 Å². The van der Waals surface area contributed by atoms with Crippen LogP contribution in [0, 0.1) is 11.6 Å². The van der Waals surface area contributed by atoms with Gasteiger partial charge in [-0.1, -0.05) is 26.0 Å². The fraction of sp³-hybridized carbons (Fsp3) is 0.625. The fourth-order valence-corrected chi connectivity index (χ4v) is 2.89. The summed E-state index contributed by atoms with van der Waals surface area (Å²) >= 11 is 0. The van der Waals surface area contributed by atoms with Crippen LogP contribution in [0.25, 0.3) is 0 Å². The first kappa shape index (κ1) is 17.1. The number of hydrogen-bond acceptors (Lipinski definition) is 2. The Labute approximate surface area is 121 Å². The highest BCUT2D eigenvalue weighted by molar-refractivity contribution is 5.21. The minimum Gasteiger partial charge on any atom is -0.315 e. The molecular formula is C16H26F2N2. The van der Waals surface area contributed by atoms with Gasteiger partial charge in [0.2, 0.25) is 0 Å². The first-order valence-electron chi connectivity index (χ1n) is 7.23. The van der Waals surface area contributed by atoms with Gasteiger partial charge >= 0.3 is 0 Å². The van der Waals surface area contributed by atoms with Crippen molar-refractivity contribution in [1.29, 1.82) is 0 Å². The monoisotopic (exact) mass is 284 g/mol. The molecule has 4 heteroatoms. The Morgan fingerprint density at radius 2 is 1.80 bits per heavy atom. The number of likely N-dealkylation sites (N-methyl/N-ethyl adjacent to an activating group) is 2. The fourth-order valence-electron chi connectivity index (χ4n) is 2.89. The summed E-state index contributed by atoms with van der Waals surface area (Å²) in [5.41, 5.74) is 0.279. The van der Waals surface area contributed by atoms with Gasteiger partial charge in [-0.2, -0.15) is 0 Å². The van der Waals surface area contributed by atoms with Crippen molar-refractivity contribution < 1.29 is 8.78 Å². The lowest BCUT2D eigenvalue weighted by Gasteiger charge is -2.43. The minimum absolute atomic E-state index is 0.0405. The van der Waals surface area contributed by atoms with Crippen LogP contribution in [0.4, 0.5) is 8.78 Å². The van der Waals surface area contributed by atoms with Crippen molar-refractivity contribution in [2.45, 2.75) is 45.7 Å². The molecular weight excluding hydrogens is 258 g/mol. The van der Waals surface area contributed by atoms with Crippen LogP contribution >= 0.6 is 0 Å². The molecule has 1 aromatic rings. The summed E-state index contributed by atoms with van der Waals surface area (Å²) < 4.78 is 27.2. The summed E-state index contributed by atoms with van der Waals surface area (Å²) in [5, 5.41) is 3.26. The van der Waals surface area contributed by atoms with Gasteiger partial charge in [0.25, 0.3) is 0 Å². The first-order chi connectivity index (χ1) is 9.38. The van der Waals surface area contributed by atoms with Gasteiger partial charge < -0.3 is 5.32 Å². The van der Waals surface area contributed by atoms with E-state index in [1.54, 1.807) is 12.1 Å². The second-order valence-electron chi connectivity index (χ2n) is 5.58. The van der Waals surface area contributed by atoms with E-state index in [9.17, 15) is 8.78 Å². The number of rotatable bonds is 7. The van der Waals surface area contributed by atoms with E-state index in [4.69, 9.17) is 0 Å². The maximum Gasteiger partial charge on any atom is 0.162 e. The van der Waals surface area contributed by atoms with E-state index in [0.29, 0.717) is 12.0 Å². The molecule has 0 saturated heterocycles. The van der Waals surface area contributed by atoms with Gasteiger partial charge in [-0.15, -0.1) is 0 Å². The summed E-state index contributed by atoms with van der Waals surface area (Å²) in [4.78, 5) is 2.32. The molecule has 2 nitrogen and oxygen atoms in total. The van der Waals surface area contributed by atoms with Crippen LogP contribution in [0.5, 0.6) is 0 Å². The van der Waals surface area contributed by atoms with Crippen LogP contribution in [-0.2, 0) is 6.42 Å². The first-order valence-corrected chi connectivity index (χ1v) is 7.23. The molecule has 0 aliphatic heterocycles. The molecule has 0 bridgehead atoms. The van der Waals surface area contributed by atoms with Gasteiger partial charge in [-0.25, -0.2) is 8.78 Å². The summed E-state index contributed by atoms with van der Waals surface area (Å²) in [6, 6.07) is 4.41. The Morgan fingerprint density at radius 1 is 1.20 bits per heavy atom. The van der Waals surface area contributed by atoms with Crippen LogP contribution in [0.2, 0.25) is 0 Å². The molecule has 114 valence electrons. The molecule has 0 aliphatic rings. The van der Waals surface area contributed by atoms with Crippen LogP contribution in [-0.4, -0.2) is 36.6 Å². The quantitative estimate of drug-likeness (QED) is 0.827. The Kier molecular flexibility index (Phi) is 6.08. The highest BCUT2D eigenvalue weighted by Crippen LogP contribution is 2.23. The average Bonchev–Trinajstić information content (AvgIpc) is 2.41. The molecule has 0 spiro atoms. The molecule has 1 aromatic carbocycles. The van der Waals surface area contributed by atoms with Gasteiger partial charge in [-0.05, 0) is 52.0 Å². The largest absolute Gasteiger partial charge is 0.315 e. The maximum atomic E-state index is 13.8. The van der Waals surface area contributed by atoms with Gasteiger partial charge in [0, 0.05) is 11.6 Å². The van der Waals surface area contributed by atoms with E-state index in [1.807, 2.05) is 7.05 Å². The zero-order chi connectivity index (χ0) is 15.3. The molecule has 0 amide bonds. The molecule has 1 atom stereocenters. The summed E-state index contributed by atoms with van der Waals surface area (Å²) in [6.07, 6.45) is 0.462. The van der Waals surface area contributed by atoms with E-state index in [2.05, 4.69) is 37.9 Å². The number of nitrogens with one attached hydrogen (secondary N) is 1. The van der Waals surface area contributed by atoms with Gasteiger partial charge in [-0.3, -0.25) is 4.90 Å². The smallest absolute Gasteiger partial charge is 0.162 e. The van der Waals surface area contributed by atoms with Crippen molar-refractivity contribution in [3.63, 3.8) is 0 Å². The van der Waals surface area contributed by atoms with E-state index >= 15 is 0 Å². The maximum absolute atomic E-state index is 13.8. The zero-order valence-electron chi connectivity index (χ0n) is 13.1. The molecule has 0 heterocycles. The molecule has 0 radical (unpaired) electrons. The lowest BCUT2D eigenvalue weighted by Crippen LogP contribution is -2.57. The second-order valence-corrected chi connectivity index (χ2v) is 5.58. The average molecular weight is 284 g/mol. The lowest BCUT2D eigenvalue weighted by molar-refractivity contribution is 0.0939. The van der Waals surface area contributed by atoms with E-state index < -0.39 is 11.6 Å². The van der Waals surface area contributed by atoms with Crippen LogP contribution < -0.4 is 5.32 Å². The Balaban J connectivity index is 2.99. The molecule has 0 aliphatic carbocycles. The highest BCUT2D eigenvalue weighted by atomic mass is 19.2. The predicted molar refractivity (Wildman–Crippen MR) is 79.9 cm³/mol.